The van der Waals surface area contributed by atoms with Gasteiger partial charge in [-0.05, 0) is 55.0 Å². The number of likely N-dealkylation sites (tertiary alicyclic amines) is 1. The number of benzene rings is 1. The highest BCUT2D eigenvalue weighted by atomic mass is 32.1. The lowest BCUT2D eigenvalue weighted by Crippen LogP contribution is -2.39. The molecule has 1 aliphatic heterocycles. The van der Waals surface area contributed by atoms with Crippen LogP contribution in [0.1, 0.15) is 41.5 Å². The molecule has 1 fully saturated rings. The first kappa shape index (κ1) is 18.4. The maximum atomic E-state index is 13.1. The number of hydrogen-bond acceptors (Lipinski definition) is 5. The molecule has 4 rings (SSSR count). The number of carbonyl (C=O) groups is 1. The van der Waals surface area contributed by atoms with Crippen molar-refractivity contribution in [1.82, 2.24) is 14.9 Å². The van der Waals surface area contributed by atoms with E-state index in [2.05, 4.69) is 4.98 Å². The standard InChI is InChI=1S/C21H21N3O3S/c1-27-16-7-5-14(6-8-16)21(26)24-10-3-2-4-18(24)20-22-17(12-19(25)23-20)15-9-11-28-13-15/h5-9,11-13,18H,2-4,10H2,1H3,(H,22,23,25). The summed E-state index contributed by atoms with van der Waals surface area (Å²) in [6, 6.07) is 10.3. The van der Waals surface area contributed by atoms with Crippen molar-refractivity contribution in [2.45, 2.75) is 25.3 Å². The smallest absolute Gasteiger partial charge is 0.254 e. The fourth-order valence-corrected chi connectivity index (χ4v) is 4.20. The van der Waals surface area contributed by atoms with Crippen LogP contribution in [0.4, 0.5) is 0 Å². The predicted molar refractivity (Wildman–Crippen MR) is 109 cm³/mol. The van der Waals surface area contributed by atoms with Crippen LogP contribution in [0.2, 0.25) is 0 Å². The van der Waals surface area contributed by atoms with Crippen LogP contribution in [0.3, 0.4) is 0 Å². The van der Waals surface area contributed by atoms with Gasteiger partial charge in [0.2, 0.25) is 0 Å². The van der Waals surface area contributed by atoms with Gasteiger partial charge in [-0.1, -0.05) is 0 Å². The summed E-state index contributed by atoms with van der Waals surface area (Å²) in [5, 5.41) is 3.92. The minimum absolute atomic E-state index is 0.0593. The molecule has 1 saturated heterocycles. The maximum absolute atomic E-state index is 13.1. The van der Waals surface area contributed by atoms with E-state index >= 15 is 0 Å². The number of hydrogen-bond donors (Lipinski definition) is 1. The van der Waals surface area contributed by atoms with Gasteiger partial charge in [-0.15, -0.1) is 0 Å². The summed E-state index contributed by atoms with van der Waals surface area (Å²) < 4.78 is 5.17. The molecule has 0 spiro atoms. The maximum Gasteiger partial charge on any atom is 0.254 e. The number of methoxy groups -OCH3 is 1. The molecule has 3 aromatic rings. The number of rotatable bonds is 4. The predicted octanol–water partition coefficient (Wildman–Crippen LogP) is 3.87. The number of piperidine rings is 1. The van der Waals surface area contributed by atoms with Crippen molar-refractivity contribution in [3.8, 4) is 17.0 Å². The molecule has 2 aromatic heterocycles. The molecule has 28 heavy (non-hydrogen) atoms. The number of H-pyrrole nitrogens is 1. The topological polar surface area (TPSA) is 75.3 Å². The largest absolute Gasteiger partial charge is 0.497 e. The van der Waals surface area contributed by atoms with E-state index in [4.69, 9.17) is 9.72 Å². The van der Waals surface area contributed by atoms with Crippen molar-refractivity contribution in [2.24, 2.45) is 0 Å². The highest BCUT2D eigenvalue weighted by molar-refractivity contribution is 7.08. The molecule has 1 aliphatic rings. The summed E-state index contributed by atoms with van der Waals surface area (Å²) in [5.41, 5.74) is 1.96. The Kier molecular flexibility index (Phi) is 5.25. The quantitative estimate of drug-likeness (QED) is 0.728. The van der Waals surface area contributed by atoms with Gasteiger partial charge in [0.15, 0.2) is 0 Å². The molecule has 0 aliphatic carbocycles. The number of thiophene rings is 1. The van der Waals surface area contributed by atoms with Gasteiger partial charge in [-0.25, -0.2) is 4.98 Å². The highest BCUT2D eigenvalue weighted by Crippen LogP contribution is 2.31. The zero-order valence-electron chi connectivity index (χ0n) is 15.6. The van der Waals surface area contributed by atoms with Gasteiger partial charge in [-0.3, -0.25) is 9.59 Å². The van der Waals surface area contributed by atoms with Crippen molar-refractivity contribution >= 4 is 17.2 Å². The normalized spacial score (nSPS) is 16.8. The Morgan fingerprint density at radius 2 is 2.07 bits per heavy atom. The van der Waals surface area contributed by atoms with Gasteiger partial charge in [0.1, 0.15) is 11.6 Å². The number of amides is 1. The number of aromatic nitrogens is 2. The minimum atomic E-state index is -0.241. The number of aromatic amines is 1. The van der Waals surface area contributed by atoms with Gasteiger partial charge in [-0.2, -0.15) is 11.3 Å². The van der Waals surface area contributed by atoms with E-state index in [1.54, 1.807) is 42.7 Å². The first-order valence-electron chi connectivity index (χ1n) is 9.24. The average molecular weight is 395 g/mol. The Balaban J connectivity index is 1.67. The molecule has 1 unspecified atom stereocenters. The van der Waals surface area contributed by atoms with Crippen LogP contribution in [0.5, 0.6) is 5.75 Å². The summed E-state index contributed by atoms with van der Waals surface area (Å²) in [6.45, 7) is 0.641. The van der Waals surface area contributed by atoms with E-state index in [-0.39, 0.29) is 17.5 Å². The van der Waals surface area contributed by atoms with E-state index in [1.807, 2.05) is 21.7 Å². The Bertz CT molecular complexity index is 1010. The summed E-state index contributed by atoms with van der Waals surface area (Å²) in [6.07, 6.45) is 2.70. The van der Waals surface area contributed by atoms with Crippen LogP contribution in [0, 0.1) is 0 Å². The lowest BCUT2D eigenvalue weighted by molar-refractivity contribution is 0.0599. The summed E-state index contributed by atoms with van der Waals surface area (Å²) in [5.74, 6) is 1.20. The Morgan fingerprint density at radius 1 is 1.25 bits per heavy atom. The molecule has 1 aromatic carbocycles. The van der Waals surface area contributed by atoms with Crippen molar-refractivity contribution in [3.05, 3.63) is 68.9 Å². The van der Waals surface area contributed by atoms with E-state index in [9.17, 15) is 9.59 Å². The molecule has 6 nitrogen and oxygen atoms in total. The van der Waals surface area contributed by atoms with Gasteiger partial charge in [0.25, 0.3) is 11.5 Å². The fraction of sp³-hybridized carbons (Fsp3) is 0.286. The number of nitrogens with zero attached hydrogens (tertiary/aromatic N) is 2. The Hall–Kier alpha value is -2.93. The van der Waals surface area contributed by atoms with Crippen molar-refractivity contribution in [2.75, 3.05) is 13.7 Å². The number of ether oxygens (including phenoxy) is 1. The summed E-state index contributed by atoms with van der Waals surface area (Å²) in [7, 11) is 1.60. The third-order valence-electron chi connectivity index (χ3n) is 4.99. The molecule has 0 bridgehead atoms. The van der Waals surface area contributed by atoms with Gasteiger partial charge in [0.05, 0.1) is 18.8 Å². The van der Waals surface area contributed by atoms with Crippen LogP contribution in [-0.2, 0) is 0 Å². The molecule has 0 saturated carbocycles. The second kappa shape index (κ2) is 7.98. The molecular formula is C21H21N3O3S. The average Bonchev–Trinajstić information content (AvgIpc) is 3.28. The molecule has 1 atom stereocenters. The zero-order valence-corrected chi connectivity index (χ0v) is 16.4. The van der Waals surface area contributed by atoms with Crippen LogP contribution < -0.4 is 10.3 Å². The van der Waals surface area contributed by atoms with Crippen LogP contribution in [-0.4, -0.2) is 34.4 Å². The van der Waals surface area contributed by atoms with Crippen LogP contribution >= 0.6 is 11.3 Å². The molecule has 144 valence electrons. The van der Waals surface area contributed by atoms with Gasteiger partial charge < -0.3 is 14.6 Å². The van der Waals surface area contributed by atoms with Crippen molar-refractivity contribution in [3.63, 3.8) is 0 Å². The van der Waals surface area contributed by atoms with E-state index in [1.165, 1.54) is 6.07 Å². The first-order chi connectivity index (χ1) is 13.7. The van der Waals surface area contributed by atoms with E-state index in [0.29, 0.717) is 29.4 Å². The lowest BCUT2D eigenvalue weighted by atomic mass is 9.99. The summed E-state index contributed by atoms with van der Waals surface area (Å²) >= 11 is 1.56. The fourth-order valence-electron chi connectivity index (χ4n) is 3.55. The number of carbonyl (C=O) groups excluding carboxylic acids is 1. The molecule has 1 amide bonds. The zero-order chi connectivity index (χ0) is 19.5. The van der Waals surface area contributed by atoms with Gasteiger partial charge in [0, 0.05) is 29.1 Å². The Morgan fingerprint density at radius 3 is 2.79 bits per heavy atom. The molecule has 1 N–H and O–H groups in total. The van der Waals surface area contributed by atoms with Crippen molar-refractivity contribution in [1.29, 1.82) is 0 Å². The second-order valence-corrected chi connectivity index (χ2v) is 7.55. The molecular weight excluding hydrogens is 374 g/mol. The third-order valence-corrected chi connectivity index (χ3v) is 5.68. The van der Waals surface area contributed by atoms with Crippen molar-refractivity contribution < 1.29 is 9.53 Å². The second-order valence-electron chi connectivity index (χ2n) is 6.77. The molecule has 0 radical (unpaired) electrons. The van der Waals surface area contributed by atoms with Gasteiger partial charge >= 0.3 is 0 Å². The van der Waals surface area contributed by atoms with Crippen LogP contribution in [0.15, 0.2) is 52.0 Å². The van der Waals surface area contributed by atoms with E-state index < -0.39 is 0 Å². The van der Waals surface area contributed by atoms with E-state index in [0.717, 1.165) is 24.8 Å². The molecule has 7 heteroatoms. The highest BCUT2D eigenvalue weighted by Gasteiger charge is 2.30. The third kappa shape index (κ3) is 3.71. The Labute approximate surface area is 166 Å². The first-order valence-corrected chi connectivity index (χ1v) is 10.2. The number of nitrogens with one attached hydrogen (secondary N) is 1. The lowest BCUT2D eigenvalue weighted by Gasteiger charge is -2.35. The SMILES string of the molecule is COc1ccc(C(=O)N2CCCCC2c2nc(-c3ccsc3)cc(=O)[nH]2)cc1. The molecule has 3 heterocycles. The summed E-state index contributed by atoms with van der Waals surface area (Å²) in [4.78, 5) is 34.8. The van der Waals surface area contributed by atoms with Crippen LogP contribution in [0.25, 0.3) is 11.3 Å². The minimum Gasteiger partial charge on any atom is -0.497 e. The monoisotopic (exact) mass is 395 g/mol.